The number of benzene rings is 2. The molecule has 230 valence electrons. The van der Waals surface area contributed by atoms with Crippen LogP contribution in [0.4, 0.5) is 0 Å². The fourth-order valence-electron chi connectivity index (χ4n) is 10.4. The minimum Gasteiger partial charge on any atom is -0.494 e. The molecule has 0 radical (unpaired) electrons. The minimum absolute atomic E-state index is 0.227. The van der Waals surface area contributed by atoms with E-state index in [0.29, 0.717) is 43.6 Å². The average molecular weight is 575 g/mol. The van der Waals surface area contributed by atoms with E-state index in [1.54, 1.807) is 0 Å². The highest BCUT2D eigenvalue weighted by atomic mass is 16.5. The van der Waals surface area contributed by atoms with Crippen molar-refractivity contribution in [3.8, 4) is 11.5 Å². The van der Waals surface area contributed by atoms with Crippen molar-refractivity contribution in [1.29, 1.82) is 0 Å². The zero-order valence-electron chi connectivity index (χ0n) is 26.0. The third-order valence-electron chi connectivity index (χ3n) is 12.5. The third kappa shape index (κ3) is 5.50. The minimum atomic E-state index is -0.274. The Balaban J connectivity index is 1.13. The molecule has 6 rings (SSSR count). The average Bonchev–Trinajstić information content (AvgIpc) is 3.35. The van der Waals surface area contributed by atoms with Gasteiger partial charge in [0, 0.05) is 5.92 Å². The second-order valence-corrected chi connectivity index (χ2v) is 14.6. The lowest BCUT2D eigenvalue weighted by Crippen LogP contribution is -2.55. The molecule has 42 heavy (non-hydrogen) atoms. The first-order valence-electron chi connectivity index (χ1n) is 16.9. The summed E-state index contributed by atoms with van der Waals surface area (Å²) >= 11 is 0. The van der Waals surface area contributed by atoms with E-state index in [9.17, 15) is 5.11 Å². The standard InChI is InChI=1S/C37H54N2O3/c1-36-18-17-34-30(33(36)16-15-32(36)26-7-12-29(13-8-26)42-22-4-20-39)14-9-27-23-31(35(40)24-37(27,34)2)25-5-10-28(11-6-25)41-21-3-19-38/h5-8,10-13,27,30-35,40H,3-4,9,14-24,38-39H2,1-2H3/t27?,30-,31?,32?,33-,34+,35?,36+,37-/m0/s1. The quantitative estimate of drug-likeness (QED) is 0.265. The van der Waals surface area contributed by atoms with E-state index in [-0.39, 0.29) is 17.4 Å². The zero-order chi connectivity index (χ0) is 29.3. The van der Waals surface area contributed by atoms with Crippen molar-refractivity contribution >= 4 is 0 Å². The molecule has 0 saturated heterocycles. The Morgan fingerprint density at radius 1 is 0.738 bits per heavy atom. The molecule has 4 fully saturated rings. The summed E-state index contributed by atoms with van der Waals surface area (Å²) in [6.07, 6.45) is 11.5. The Kier molecular flexibility index (Phi) is 8.92. The number of ether oxygens (including phenoxy) is 2. The van der Waals surface area contributed by atoms with Gasteiger partial charge in [-0.1, -0.05) is 38.1 Å². The molecule has 4 aliphatic rings. The molecule has 5 N–H and O–H groups in total. The molecule has 0 aliphatic heterocycles. The summed E-state index contributed by atoms with van der Waals surface area (Å²) in [4.78, 5) is 0. The molecular formula is C37H54N2O3. The Morgan fingerprint density at radius 3 is 1.95 bits per heavy atom. The van der Waals surface area contributed by atoms with Gasteiger partial charge in [0.05, 0.1) is 19.3 Å². The van der Waals surface area contributed by atoms with Crippen LogP contribution in [0.3, 0.4) is 0 Å². The van der Waals surface area contributed by atoms with E-state index < -0.39 is 0 Å². The lowest BCUT2D eigenvalue weighted by molar-refractivity contribution is -0.132. The van der Waals surface area contributed by atoms with E-state index >= 15 is 0 Å². The SMILES string of the molecule is C[C@]12CC(O)C(c3ccc(OCCCN)cc3)CC1CC[C@@H]1[C@H]2CC[C@]2(C)C(c3ccc(OCCCN)cc3)CC[C@@H]12. The van der Waals surface area contributed by atoms with Crippen LogP contribution in [0.1, 0.15) is 101 Å². The van der Waals surface area contributed by atoms with Gasteiger partial charge >= 0.3 is 0 Å². The van der Waals surface area contributed by atoms with Gasteiger partial charge in [-0.15, -0.1) is 0 Å². The first-order valence-corrected chi connectivity index (χ1v) is 16.9. The number of fused-ring (bicyclic) bond motifs is 5. The lowest BCUT2D eigenvalue weighted by atomic mass is 9.43. The maximum atomic E-state index is 11.6. The predicted octanol–water partition coefficient (Wildman–Crippen LogP) is 7.02. The van der Waals surface area contributed by atoms with Crippen LogP contribution in [0.15, 0.2) is 48.5 Å². The fraction of sp³-hybridized carbons (Fsp3) is 0.676. The van der Waals surface area contributed by atoms with Gasteiger partial charge in [0.15, 0.2) is 0 Å². The molecule has 0 aromatic heterocycles. The lowest BCUT2D eigenvalue weighted by Gasteiger charge is -2.62. The van der Waals surface area contributed by atoms with Crippen LogP contribution >= 0.6 is 0 Å². The van der Waals surface area contributed by atoms with E-state index in [0.717, 1.165) is 54.9 Å². The van der Waals surface area contributed by atoms with E-state index in [1.165, 1.54) is 49.7 Å². The van der Waals surface area contributed by atoms with Crippen molar-refractivity contribution in [2.75, 3.05) is 26.3 Å². The molecule has 2 aromatic rings. The molecule has 0 spiro atoms. The maximum absolute atomic E-state index is 11.6. The third-order valence-corrected chi connectivity index (χ3v) is 12.5. The van der Waals surface area contributed by atoms with Crippen molar-refractivity contribution in [3.05, 3.63) is 59.7 Å². The largest absolute Gasteiger partial charge is 0.494 e. The molecule has 5 nitrogen and oxygen atoms in total. The number of rotatable bonds is 10. The smallest absolute Gasteiger partial charge is 0.119 e. The molecule has 5 heteroatoms. The summed E-state index contributed by atoms with van der Waals surface area (Å²) in [5.74, 6) is 5.74. The number of hydrogen-bond acceptors (Lipinski definition) is 5. The molecule has 4 unspecified atom stereocenters. The first-order chi connectivity index (χ1) is 20.4. The van der Waals surface area contributed by atoms with E-state index in [1.807, 2.05) is 0 Å². The summed E-state index contributed by atoms with van der Waals surface area (Å²) in [7, 11) is 0. The zero-order valence-corrected chi connectivity index (χ0v) is 26.0. The number of hydrogen-bond donors (Lipinski definition) is 3. The van der Waals surface area contributed by atoms with Crippen LogP contribution in [0, 0.1) is 34.5 Å². The van der Waals surface area contributed by atoms with Gasteiger partial charge in [-0.25, -0.2) is 0 Å². The molecule has 9 atom stereocenters. The second kappa shape index (κ2) is 12.5. The molecule has 4 saturated carbocycles. The second-order valence-electron chi connectivity index (χ2n) is 14.6. The van der Waals surface area contributed by atoms with Crippen LogP contribution in [0.5, 0.6) is 11.5 Å². The van der Waals surface area contributed by atoms with Gasteiger partial charge in [-0.05, 0) is 153 Å². The highest BCUT2D eigenvalue weighted by Crippen LogP contribution is 2.69. The van der Waals surface area contributed by atoms with Crippen LogP contribution in [-0.2, 0) is 0 Å². The van der Waals surface area contributed by atoms with Crippen molar-refractivity contribution in [3.63, 3.8) is 0 Å². The van der Waals surface area contributed by atoms with Crippen molar-refractivity contribution in [2.45, 2.75) is 96.0 Å². The fourth-order valence-corrected chi connectivity index (χ4v) is 10.4. The van der Waals surface area contributed by atoms with Crippen molar-refractivity contribution < 1.29 is 14.6 Å². The molecule has 0 heterocycles. The Hall–Kier alpha value is -2.08. The molecular weight excluding hydrogens is 520 g/mol. The van der Waals surface area contributed by atoms with E-state index in [4.69, 9.17) is 20.9 Å². The van der Waals surface area contributed by atoms with Crippen molar-refractivity contribution in [1.82, 2.24) is 0 Å². The van der Waals surface area contributed by atoms with Crippen LogP contribution in [0.2, 0.25) is 0 Å². The Bertz CT molecular complexity index is 1170. The van der Waals surface area contributed by atoms with Gasteiger partial charge in [0.25, 0.3) is 0 Å². The number of nitrogens with two attached hydrogens (primary N) is 2. The Morgan fingerprint density at radius 2 is 1.33 bits per heavy atom. The summed E-state index contributed by atoms with van der Waals surface area (Å²) in [6.45, 7) is 7.83. The van der Waals surface area contributed by atoms with Crippen LogP contribution in [-0.4, -0.2) is 37.5 Å². The van der Waals surface area contributed by atoms with Crippen LogP contribution < -0.4 is 20.9 Å². The van der Waals surface area contributed by atoms with Crippen LogP contribution in [0.25, 0.3) is 0 Å². The monoisotopic (exact) mass is 574 g/mol. The molecule has 0 amide bonds. The number of aliphatic hydroxyl groups excluding tert-OH is 1. The van der Waals surface area contributed by atoms with Gasteiger partial charge in [0.2, 0.25) is 0 Å². The van der Waals surface area contributed by atoms with Gasteiger partial charge in [0.1, 0.15) is 11.5 Å². The first kappa shape index (κ1) is 30.0. The van der Waals surface area contributed by atoms with Crippen molar-refractivity contribution in [2.24, 2.45) is 46.0 Å². The molecule has 0 bridgehead atoms. The van der Waals surface area contributed by atoms with Gasteiger partial charge < -0.3 is 26.0 Å². The highest BCUT2D eigenvalue weighted by Gasteiger charge is 2.61. The summed E-state index contributed by atoms with van der Waals surface area (Å²) in [5.41, 5.74) is 14.6. The highest BCUT2D eigenvalue weighted by molar-refractivity contribution is 5.33. The predicted molar refractivity (Wildman–Crippen MR) is 170 cm³/mol. The summed E-state index contributed by atoms with van der Waals surface area (Å²) < 4.78 is 11.7. The summed E-state index contributed by atoms with van der Waals surface area (Å²) in [5, 5.41) is 11.6. The van der Waals surface area contributed by atoms with E-state index in [2.05, 4.69) is 62.4 Å². The number of aliphatic hydroxyl groups is 1. The topological polar surface area (TPSA) is 90.7 Å². The van der Waals surface area contributed by atoms with Gasteiger partial charge in [-0.2, -0.15) is 0 Å². The molecule has 2 aromatic carbocycles. The van der Waals surface area contributed by atoms with Gasteiger partial charge in [-0.3, -0.25) is 0 Å². The molecule has 4 aliphatic carbocycles. The normalized spacial score (nSPS) is 37.4. The Labute approximate surface area is 253 Å². The maximum Gasteiger partial charge on any atom is 0.119 e. The summed E-state index contributed by atoms with van der Waals surface area (Å²) in [6, 6.07) is 17.5.